The quantitative estimate of drug-likeness (QED) is 0.785. The van der Waals surface area contributed by atoms with Gasteiger partial charge in [-0.25, -0.2) is 4.98 Å². The van der Waals surface area contributed by atoms with Crippen molar-refractivity contribution in [2.45, 2.75) is 13.0 Å². The molecule has 0 saturated carbocycles. The smallest absolute Gasteiger partial charge is 0.0991 e. The number of rotatable bonds is 4. The topological polar surface area (TPSA) is 42.7 Å². The summed E-state index contributed by atoms with van der Waals surface area (Å²) in [5.41, 5.74) is 3.18. The second-order valence-electron chi connectivity index (χ2n) is 4.64. The summed E-state index contributed by atoms with van der Waals surface area (Å²) in [5, 5.41) is 3.46. The molecule has 2 heterocycles. The fourth-order valence-corrected chi connectivity index (χ4v) is 2.12. The first kappa shape index (κ1) is 12.4. The fraction of sp³-hybridized carbons (Fsp3) is 0.125. The molecule has 0 amide bonds. The van der Waals surface area contributed by atoms with E-state index in [1.807, 2.05) is 41.2 Å². The molecule has 4 heteroatoms. The minimum absolute atomic E-state index is 0.161. The molecule has 20 heavy (non-hydrogen) atoms. The largest absolute Gasteiger partial charge is 0.377 e. The first-order chi connectivity index (χ1) is 9.83. The number of nitrogens with one attached hydrogen (secondary N) is 1. The summed E-state index contributed by atoms with van der Waals surface area (Å²) in [6.45, 7) is 2.10. The molecule has 3 rings (SSSR count). The Labute approximate surface area is 118 Å². The van der Waals surface area contributed by atoms with Crippen LogP contribution in [0, 0.1) is 0 Å². The second-order valence-corrected chi connectivity index (χ2v) is 4.64. The molecule has 0 fully saturated rings. The SMILES string of the molecule is CC(Nc1cccc(-n2ccnc2)c1)c1ccccn1. The molecule has 1 aromatic carbocycles. The number of benzene rings is 1. The van der Waals surface area contributed by atoms with Crippen LogP contribution in [0.25, 0.3) is 5.69 Å². The lowest BCUT2D eigenvalue weighted by Crippen LogP contribution is -2.08. The number of imidazole rings is 1. The number of aromatic nitrogens is 3. The number of pyridine rings is 1. The number of hydrogen-bond donors (Lipinski definition) is 1. The van der Waals surface area contributed by atoms with Crippen LogP contribution >= 0.6 is 0 Å². The van der Waals surface area contributed by atoms with E-state index in [1.54, 1.807) is 12.5 Å². The standard InChI is InChI=1S/C16H16N4/c1-13(16-7-2-3-8-18-16)19-14-5-4-6-15(11-14)20-10-9-17-12-20/h2-13,19H,1H3. The lowest BCUT2D eigenvalue weighted by Gasteiger charge is -2.15. The van der Waals surface area contributed by atoms with E-state index in [9.17, 15) is 0 Å². The van der Waals surface area contributed by atoms with Crippen LogP contribution in [0.2, 0.25) is 0 Å². The fourth-order valence-electron chi connectivity index (χ4n) is 2.12. The Balaban J connectivity index is 1.80. The molecular formula is C16H16N4. The van der Waals surface area contributed by atoms with Gasteiger partial charge in [0, 0.05) is 30.0 Å². The average Bonchev–Trinajstić information content (AvgIpc) is 3.03. The summed E-state index contributed by atoms with van der Waals surface area (Å²) in [5.74, 6) is 0. The molecule has 100 valence electrons. The van der Waals surface area contributed by atoms with Gasteiger partial charge in [0.15, 0.2) is 0 Å². The number of nitrogens with zero attached hydrogens (tertiary/aromatic N) is 3. The van der Waals surface area contributed by atoms with E-state index in [0.717, 1.165) is 17.1 Å². The van der Waals surface area contributed by atoms with Crippen LogP contribution in [0.1, 0.15) is 18.7 Å². The maximum Gasteiger partial charge on any atom is 0.0991 e. The van der Waals surface area contributed by atoms with Crippen LogP contribution in [-0.2, 0) is 0 Å². The molecule has 0 aliphatic rings. The van der Waals surface area contributed by atoms with Crippen molar-refractivity contribution in [2.24, 2.45) is 0 Å². The van der Waals surface area contributed by atoms with Gasteiger partial charge in [-0.3, -0.25) is 4.98 Å². The molecule has 0 spiro atoms. The molecule has 1 atom stereocenters. The summed E-state index contributed by atoms with van der Waals surface area (Å²) in [4.78, 5) is 8.44. The highest BCUT2D eigenvalue weighted by Gasteiger charge is 2.06. The Bertz CT molecular complexity index is 662. The second kappa shape index (κ2) is 5.57. The van der Waals surface area contributed by atoms with Crippen LogP contribution in [0.5, 0.6) is 0 Å². The Morgan fingerprint density at radius 1 is 1.10 bits per heavy atom. The van der Waals surface area contributed by atoms with Crippen molar-refractivity contribution in [1.29, 1.82) is 0 Å². The molecule has 3 aromatic rings. The van der Waals surface area contributed by atoms with E-state index < -0.39 is 0 Å². The molecular weight excluding hydrogens is 248 g/mol. The van der Waals surface area contributed by atoms with Crippen LogP contribution in [-0.4, -0.2) is 14.5 Å². The normalized spacial score (nSPS) is 12.1. The van der Waals surface area contributed by atoms with Gasteiger partial charge in [-0.2, -0.15) is 0 Å². The zero-order valence-corrected chi connectivity index (χ0v) is 11.3. The maximum atomic E-state index is 4.37. The zero-order valence-electron chi connectivity index (χ0n) is 11.3. The van der Waals surface area contributed by atoms with Gasteiger partial charge in [0.05, 0.1) is 18.1 Å². The van der Waals surface area contributed by atoms with Gasteiger partial charge in [-0.15, -0.1) is 0 Å². The van der Waals surface area contributed by atoms with Crippen molar-refractivity contribution in [3.8, 4) is 5.69 Å². The number of hydrogen-bond acceptors (Lipinski definition) is 3. The molecule has 1 N–H and O–H groups in total. The molecule has 2 aromatic heterocycles. The Kier molecular flexibility index (Phi) is 3.46. The lowest BCUT2D eigenvalue weighted by molar-refractivity contribution is 0.839. The summed E-state index contributed by atoms with van der Waals surface area (Å²) in [7, 11) is 0. The lowest BCUT2D eigenvalue weighted by atomic mass is 10.2. The van der Waals surface area contributed by atoms with E-state index in [2.05, 4.69) is 40.4 Å². The van der Waals surface area contributed by atoms with Gasteiger partial charge in [0.1, 0.15) is 0 Å². The first-order valence-electron chi connectivity index (χ1n) is 6.59. The van der Waals surface area contributed by atoms with Crippen molar-refractivity contribution >= 4 is 5.69 Å². The highest BCUT2D eigenvalue weighted by atomic mass is 15.0. The minimum Gasteiger partial charge on any atom is -0.377 e. The van der Waals surface area contributed by atoms with Crippen LogP contribution in [0.3, 0.4) is 0 Å². The molecule has 4 nitrogen and oxygen atoms in total. The first-order valence-corrected chi connectivity index (χ1v) is 6.59. The predicted molar refractivity (Wildman–Crippen MR) is 79.8 cm³/mol. The summed E-state index contributed by atoms with van der Waals surface area (Å²) in [6, 6.07) is 14.4. The van der Waals surface area contributed by atoms with Crippen LogP contribution in [0.4, 0.5) is 5.69 Å². The monoisotopic (exact) mass is 264 g/mol. The van der Waals surface area contributed by atoms with Crippen molar-refractivity contribution in [3.63, 3.8) is 0 Å². The Morgan fingerprint density at radius 3 is 2.80 bits per heavy atom. The molecule has 0 saturated heterocycles. The van der Waals surface area contributed by atoms with Crippen molar-refractivity contribution < 1.29 is 0 Å². The van der Waals surface area contributed by atoms with Gasteiger partial charge in [0.25, 0.3) is 0 Å². The summed E-state index contributed by atoms with van der Waals surface area (Å²) >= 11 is 0. The van der Waals surface area contributed by atoms with Gasteiger partial charge < -0.3 is 9.88 Å². The molecule has 0 aliphatic heterocycles. The zero-order chi connectivity index (χ0) is 13.8. The van der Waals surface area contributed by atoms with Gasteiger partial charge in [-0.05, 0) is 37.3 Å². The van der Waals surface area contributed by atoms with Gasteiger partial charge in [0.2, 0.25) is 0 Å². The Hall–Kier alpha value is -2.62. The van der Waals surface area contributed by atoms with E-state index in [-0.39, 0.29) is 6.04 Å². The third kappa shape index (κ3) is 2.69. The number of anilines is 1. The molecule has 0 radical (unpaired) electrons. The summed E-state index contributed by atoms with van der Waals surface area (Å²) in [6.07, 6.45) is 7.31. The van der Waals surface area contributed by atoms with E-state index in [0.29, 0.717) is 0 Å². The third-order valence-corrected chi connectivity index (χ3v) is 3.16. The summed E-state index contributed by atoms with van der Waals surface area (Å²) < 4.78 is 1.98. The highest BCUT2D eigenvalue weighted by Crippen LogP contribution is 2.20. The van der Waals surface area contributed by atoms with Gasteiger partial charge >= 0.3 is 0 Å². The van der Waals surface area contributed by atoms with Crippen molar-refractivity contribution in [2.75, 3.05) is 5.32 Å². The molecule has 0 aliphatic carbocycles. The van der Waals surface area contributed by atoms with Crippen LogP contribution in [0.15, 0.2) is 67.4 Å². The van der Waals surface area contributed by atoms with Crippen molar-refractivity contribution in [1.82, 2.24) is 14.5 Å². The average molecular weight is 264 g/mol. The van der Waals surface area contributed by atoms with E-state index in [4.69, 9.17) is 0 Å². The third-order valence-electron chi connectivity index (χ3n) is 3.16. The van der Waals surface area contributed by atoms with Crippen molar-refractivity contribution in [3.05, 3.63) is 73.1 Å². The molecule has 0 bridgehead atoms. The van der Waals surface area contributed by atoms with Gasteiger partial charge in [-0.1, -0.05) is 12.1 Å². The minimum atomic E-state index is 0.161. The van der Waals surface area contributed by atoms with E-state index >= 15 is 0 Å². The Morgan fingerprint density at radius 2 is 2.05 bits per heavy atom. The van der Waals surface area contributed by atoms with E-state index in [1.165, 1.54) is 0 Å². The highest BCUT2D eigenvalue weighted by molar-refractivity contribution is 5.52. The predicted octanol–water partition coefficient (Wildman–Crippen LogP) is 3.44. The van der Waals surface area contributed by atoms with Crippen LogP contribution < -0.4 is 5.32 Å². The maximum absolute atomic E-state index is 4.37. The molecule has 1 unspecified atom stereocenters.